The van der Waals surface area contributed by atoms with E-state index in [-0.39, 0.29) is 11.3 Å². The van der Waals surface area contributed by atoms with E-state index in [2.05, 4.69) is 38.1 Å². The van der Waals surface area contributed by atoms with Gasteiger partial charge in [-0.15, -0.1) is 11.3 Å². The molecule has 0 unspecified atom stereocenters. The molecule has 0 radical (unpaired) electrons. The van der Waals surface area contributed by atoms with Gasteiger partial charge in [0.2, 0.25) is 0 Å². The normalized spacial score (nSPS) is 15.4. The van der Waals surface area contributed by atoms with Crippen LogP contribution in [0.1, 0.15) is 44.2 Å². The zero-order valence-electron chi connectivity index (χ0n) is 13.3. The fourth-order valence-electron chi connectivity index (χ4n) is 3.00. The molecule has 6 heteroatoms. The average molecular weight is 408 g/mol. The summed E-state index contributed by atoms with van der Waals surface area (Å²) in [5.41, 5.74) is 1.27. The molecule has 1 aromatic heterocycles. The summed E-state index contributed by atoms with van der Waals surface area (Å²) in [5.74, 6) is -0.555. The van der Waals surface area contributed by atoms with Gasteiger partial charge in [0.1, 0.15) is 4.88 Å². The molecule has 1 N–H and O–H groups in total. The minimum absolute atomic E-state index is 0.0158. The van der Waals surface area contributed by atoms with E-state index in [1.165, 1.54) is 19.1 Å². The van der Waals surface area contributed by atoms with Crippen molar-refractivity contribution >= 4 is 39.1 Å². The molecular weight excluding hydrogens is 390 g/mol. The molecule has 4 nitrogen and oxygen atoms in total. The average Bonchev–Trinajstić information content (AvgIpc) is 3.03. The molecule has 1 saturated carbocycles. The first-order chi connectivity index (χ1) is 11.5. The van der Waals surface area contributed by atoms with Crippen molar-refractivity contribution in [3.05, 3.63) is 56.2 Å². The van der Waals surface area contributed by atoms with Crippen molar-refractivity contribution in [2.24, 2.45) is 0 Å². The summed E-state index contributed by atoms with van der Waals surface area (Å²) in [6, 6.07) is 11.6. The van der Waals surface area contributed by atoms with Gasteiger partial charge in [0.05, 0.1) is 12.0 Å². The van der Waals surface area contributed by atoms with E-state index in [1.54, 1.807) is 12.1 Å². The standard InChI is InChI=1S/C18H18BrNO3S/c1-23-17(22)15-7-6-14(24-15)16(21)20-11-18(8-3-9-18)12-4-2-5-13(19)10-12/h2,4-7,10H,3,8-9,11H2,1H3,(H,20,21). The number of benzene rings is 1. The first-order valence-electron chi connectivity index (χ1n) is 7.76. The molecule has 1 amide bonds. The molecule has 3 rings (SSSR count). The van der Waals surface area contributed by atoms with Crippen molar-refractivity contribution in [3.63, 3.8) is 0 Å². The molecule has 1 aromatic carbocycles. The molecule has 1 heterocycles. The Morgan fingerprint density at radius 1 is 1.25 bits per heavy atom. The van der Waals surface area contributed by atoms with Crippen LogP contribution in [-0.2, 0) is 10.2 Å². The van der Waals surface area contributed by atoms with Crippen molar-refractivity contribution in [1.29, 1.82) is 0 Å². The molecule has 1 aliphatic carbocycles. The van der Waals surface area contributed by atoms with E-state index < -0.39 is 5.97 Å². The zero-order chi connectivity index (χ0) is 17.2. The second-order valence-corrected chi connectivity index (χ2v) is 7.98. The number of hydrogen-bond acceptors (Lipinski definition) is 4. The number of thiophene rings is 1. The van der Waals surface area contributed by atoms with Crippen molar-refractivity contribution in [2.75, 3.05) is 13.7 Å². The molecule has 126 valence electrons. The lowest BCUT2D eigenvalue weighted by molar-refractivity contribution is 0.0606. The summed E-state index contributed by atoms with van der Waals surface area (Å²) in [4.78, 5) is 24.8. The van der Waals surface area contributed by atoms with Crippen molar-refractivity contribution < 1.29 is 14.3 Å². The van der Waals surface area contributed by atoms with Crippen LogP contribution in [0.25, 0.3) is 0 Å². The Hall–Kier alpha value is -1.66. The number of nitrogens with one attached hydrogen (secondary N) is 1. The van der Waals surface area contributed by atoms with Crippen LogP contribution in [0.2, 0.25) is 0 Å². The molecular formula is C18H18BrNO3S. The predicted molar refractivity (Wildman–Crippen MR) is 97.7 cm³/mol. The zero-order valence-corrected chi connectivity index (χ0v) is 15.7. The fraction of sp³-hybridized carbons (Fsp3) is 0.333. The van der Waals surface area contributed by atoms with Crippen molar-refractivity contribution in [1.82, 2.24) is 5.32 Å². The Balaban J connectivity index is 1.68. The van der Waals surface area contributed by atoms with E-state index in [0.717, 1.165) is 28.7 Å². The summed E-state index contributed by atoms with van der Waals surface area (Å²) in [6.07, 6.45) is 3.32. The number of ether oxygens (including phenoxy) is 1. The predicted octanol–water partition coefficient (Wildman–Crippen LogP) is 4.15. The van der Waals surface area contributed by atoms with E-state index in [9.17, 15) is 9.59 Å². The minimum atomic E-state index is -0.413. The lowest BCUT2D eigenvalue weighted by Crippen LogP contribution is -2.45. The highest BCUT2D eigenvalue weighted by Crippen LogP contribution is 2.43. The van der Waals surface area contributed by atoms with Crippen LogP contribution in [0.3, 0.4) is 0 Å². The quantitative estimate of drug-likeness (QED) is 0.757. The number of carbonyl (C=O) groups is 2. The Morgan fingerprint density at radius 2 is 2.00 bits per heavy atom. The summed E-state index contributed by atoms with van der Waals surface area (Å²) >= 11 is 4.67. The lowest BCUT2D eigenvalue weighted by atomic mass is 9.64. The number of carbonyl (C=O) groups excluding carboxylic acids is 2. The Kier molecular flexibility index (Phi) is 5.06. The molecule has 1 fully saturated rings. The second-order valence-electron chi connectivity index (χ2n) is 5.98. The molecule has 1 aliphatic rings. The third-order valence-corrected chi connectivity index (χ3v) is 6.11. The number of esters is 1. The number of rotatable bonds is 5. The number of hydrogen-bond donors (Lipinski definition) is 1. The van der Waals surface area contributed by atoms with Gasteiger partial charge in [-0.1, -0.05) is 34.5 Å². The van der Waals surface area contributed by atoms with Gasteiger partial charge >= 0.3 is 5.97 Å². The third-order valence-electron chi connectivity index (χ3n) is 4.55. The topological polar surface area (TPSA) is 55.4 Å². The van der Waals surface area contributed by atoms with Gasteiger partial charge in [0.15, 0.2) is 0 Å². The highest BCUT2D eigenvalue weighted by molar-refractivity contribution is 9.10. The first kappa shape index (κ1) is 17.2. The van der Waals surface area contributed by atoms with Gasteiger partial charge in [-0.25, -0.2) is 4.79 Å². The molecule has 24 heavy (non-hydrogen) atoms. The van der Waals surface area contributed by atoms with Gasteiger partial charge < -0.3 is 10.1 Å². The minimum Gasteiger partial charge on any atom is -0.465 e. The lowest BCUT2D eigenvalue weighted by Gasteiger charge is -2.42. The third kappa shape index (κ3) is 3.39. The largest absolute Gasteiger partial charge is 0.465 e. The van der Waals surface area contributed by atoms with Crippen LogP contribution in [0.5, 0.6) is 0 Å². The smallest absolute Gasteiger partial charge is 0.348 e. The van der Waals surface area contributed by atoms with Gasteiger partial charge in [0.25, 0.3) is 5.91 Å². The van der Waals surface area contributed by atoms with Gasteiger partial charge in [0, 0.05) is 16.4 Å². The summed E-state index contributed by atoms with van der Waals surface area (Å²) in [6.45, 7) is 0.605. The molecule has 0 bridgehead atoms. The number of halogens is 1. The number of methoxy groups -OCH3 is 1. The Morgan fingerprint density at radius 3 is 2.62 bits per heavy atom. The van der Waals surface area contributed by atoms with E-state index in [0.29, 0.717) is 16.3 Å². The van der Waals surface area contributed by atoms with Crippen LogP contribution < -0.4 is 5.32 Å². The van der Waals surface area contributed by atoms with Crippen LogP contribution in [0.4, 0.5) is 0 Å². The molecule has 0 atom stereocenters. The van der Waals surface area contributed by atoms with E-state index in [4.69, 9.17) is 0 Å². The number of amides is 1. The maximum atomic E-state index is 12.4. The van der Waals surface area contributed by atoms with Crippen LogP contribution in [0, 0.1) is 0 Å². The summed E-state index contributed by atoms with van der Waals surface area (Å²) in [7, 11) is 1.33. The van der Waals surface area contributed by atoms with Crippen LogP contribution >= 0.6 is 27.3 Å². The van der Waals surface area contributed by atoms with Crippen molar-refractivity contribution in [2.45, 2.75) is 24.7 Å². The monoisotopic (exact) mass is 407 g/mol. The maximum Gasteiger partial charge on any atom is 0.348 e. The van der Waals surface area contributed by atoms with Gasteiger partial charge in [-0.2, -0.15) is 0 Å². The fourth-order valence-corrected chi connectivity index (χ4v) is 4.24. The summed E-state index contributed by atoms with van der Waals surface area (Å²) < 4.78 is 5.73. The molecule has 0 spiro atoms. The Bertz CT molecular complexity index is 767. The van der Waals surface area contributed by atoms with E-state index in [1.807, 2.05) is 12.1 Å². The van der Waals surface area contributed by atoms with E-state index >= 15 is 0 Å². The van der Waals surface area contributed by atoms with Crippen LogP contribution in [0.15, 0.2) is 40.9 Å². The Labute approximate surface area is 153 Å². The van der Waals surface area contributed by atoms with Gasteiger partial charge in [-0.3, -0.25) is 4.79 Å². The SMILES string of the molecule is COC(=O)c1ccc(C(=O)NCC2(c3cccc(Br)c3)CCC2)s1. The molecule has 0 saturated heterocycles. The second kappa shape index (κ2) is 7.07. The molecule has 2 aromatic rings. The maximum absolute atomic E-state index is 12.4. The first-order valence-corrected chi connectivity index (χ1v) is 9.37. The summed E-state index contributed by atoms with van der Waals surface area (Å²) in [5, 5.41) is 3.03. The van der Waals surface area contributed by atoms with Gasteiger partial charge in [-0.05, 0) is 42.7 Å². The highest BCUT2D eigenvalue weighted by Gasteiger charge is 2.39. The van der Waals surface area contributed by atoms with Crippen LogP contribution in [-0.4, -0.2) is 25.5 Å². The van der Waals surface area contributed by atoms with Crippen molar-refractivity contribution in [3.8, 4) is 0 Å². The highest BCUT2D eigenvalue weighted by atomic mass is 79.9. The molecule has 0 aliphatic heterocycles.